The first-order valence-corrected chi connectivity index (χ1v) is 10.0. The van der Waals surface area contributed by atoms with Crippen LogP contribution in [0.5, 0.6) is 0 Å². The number of aromatic nitrogens is 3. The van der Waals surface area contributed by atoms with Crippen molar-refractivity contribution >= 4 is 45.2 Å². The average Bonchev–Trinajstić information content (AvgIpc) is 3.35. The molecule has 0 saturated carbocycles. The van der Waals surface area contributed by atoms with E-state index in [1.54, 1.807) is 18.2 Å². The van der Waals surface area contributed by atoms with E-state index in [9.17, 15) is 5.11 Å². The highest BCUT2D eigenvalue weighted by molar-refractivity contribution is 7.20. The summed E-state index contributed by atoms with van der Waals surface area (Å²) in [5.74, 6) is 0.564. The number of nitrogens with one attached hydrogen (secondary N) is 1. The van der Waals surface area contributed by atoms with Crippen molar-refractivity contribution in [1.82, 2.24) is 15.2 Å². The zero-order valence-electron chi connectivity index (χ0n) is 14.5. The third kappa shape index (κ3) is 3.48. The van der Waals surface area contributed by atoms with Crippen LogP contribution >= 0.6 is 34.5 Å². The number of aliphatic hydroxyl groups excluding tert-OH is 1. The Morgan fingerprint density at radius 3 is 2.96 bits per heavy atom. The van der Waals surface area contributed by atoms with Crippen LogP contribution in [0.4, 0.5) is 10.7 Å². The average molecular weight is 436 g/mol. The van der Waals surface area contributed by atoms with Crippen molar-refractivity contribution in [3.63, 3.8) is 0 Å². The Kier molecular flexibility index (Phi) is 5.53. The number of ether oxygens (including phenoxy) is 1. The number of rotatable bonds is 4. The van der Waals surface area contributed by atoms with Crippen molar-refractivity contribution in [1.29, 1.82) is 0 Å². The first kappa shape index (κ1) is 19.2. The van der Waals surface area contributed by atoms with Crippen LogP contribution in [0.2, 0.25) is 10.0 Å². The van der Waals surface area contributed by atoms with Crippen LogP contribution in [0.3, 0.4) is 0 Å². The molecule has 1 aromatic carbocycles. The van der Waals surface area contributed by atoms with Crippen LogP contribution in [-0.4, -0.2) is 52.7 Å². The van der Waals surface area contributed by atoms with Crippen LogP contribution < -0.4 is 4.90 Å². The lowest BCUT2D eigenvalue weighted by atomic mass is 10.0. The molecular formula is C18H15Cl2N5O2S. The highest BCUT2D eigenvalue weighted by Gasteiger charge is 2.29. The molecule has 7 nitrogen and oxygen atoms in total. The summed E-state index contributed by atoms with van der Waals surface area (Å²) in [6, 6.07) is 5.21. The molecule has 0 aliphatic carbocycles. The third-order valence-electron chi connectivity index (χ3n) is 4.44. The Hall–Kier alpha value is -2.15. The molecule has 144 valence electrons. The number of thiophene rings is 1. The minimum Gasteiger partial charge on any atom is -0.394 e. The number of hydrogen-bond donors (Lipinski definition) is 2. The molecule has 3 aromatic rings. The van der Waals surface area contributed by atoms with Crippen LogP contribution in [0, 0.1) is 6.57 Å². The van der Waals surface area contributed by atoms with Gasteiger partial charge in [0.25, 0.3) is 0 Å². The van der Waals surface area contributed by atoms with Crippen molar-refractivity contribution in [2.24, 2.45) is 0 Å². The van der Waals surface area contributed by atoms with E-state index in [0.29, 0.717) is 52.4 Å². The number of anilines is 1. The van der Waals surface area contributed by atoms with Gasteiger partial charge in [-0.15, -0.1) is 21.5 Å². The Morgan fingerprint density at radius 2 is 2.29 bits per heavy atom. The standard InChI is InChI=1S/C18H15Cl2N5O2S/c1-21-15-14(12-3-2-10(19)6-13(12)20)16(17-22-9-23-24-17)28-18(15)25-4-5-27-11(7-25)8-26/h2-3,6,9,11,26H,4-5,7-8H2,(H,22,23,24)/t11-/m1/s1. The predicted octanol–water partition coefficient (Wildman–Crippen LogP) is 4.26. The summed E-state index contributed by atoms with van der Waals surface area (Å²) in [4.78, 5) is 9.68. The molecule has 4 rings (SSSR count). The summed E-state index contributed by atoms with van der Waals surface area (Å²) in [7, 11) is 0. The molecule has 0 bridgehead atoms. The van der Waals surface area contributed by atoms with E-state index in [4.69, 9.17) is 34.5 Å². The maximum atomic E-state index is 9.47. The largest absolute Gasteiger partial charge is 0.394 e. The monoisotopic (exact) mass is 435 g/mol. The fourth-order valence-corrected chi connectivity index (χ4v) is 4.91. The number of halogens is 2. The topological polar surface area (TPSA) is 78.6 Å². The Bertz CT molecular complexity index is 1030. The van der Waals surface area contributed by atoms with Crippen LogP contribution in [0.25, 0.3) is 26.7 Å². The third-order valence-corrected chi connectivity index (χ3v) is 6.23. The molecule has 1 fully saturated rings. The lowest BCUT2D eigenvalue weighted by Gasteiger charge is -2.33. The minimum absolute atomic E-state index is 0.0694. The van der Waals surface area contributed by atoms with Crippen molar-refractivity contribution in [3.8, 4) is 21.8 Å². The maximum absolute atomic E-state index is 9.47. The molecular weight excluding hydrogens is 421 g/mol. The number of aromatic amines is 1. The summed E-state index contributed by atoms with van der Waals surface area (Å²) in [5, 5.41) is 19.3. The summed E-state index contributed by atoms with van der Waals surface area (Å²) < 4.78 is 5.55. The van der Waals surface area contributed by atoms with Gasteiger partial charge >= 0.3 is 0 Å². The quantitative estimate of drug-likeness (QED) is 0.598. The zero-order chi connectivity index (χ0) is 19.7. The van der Waals surface area contributed by atoms with E-state index >= 15 is 0 Å². The van der Waals surface area contributed by atoms with E-state index in [0.717, 1.165) is 9.88 Å². The van der Waals surface area contributed by atoms with Gasteiger partial charge in [-0.2, -0.15) is 0 Å². The highest BCUT2D eigenvalue weighted by Crippen LogP contribution is 2.53. The molecule has 10 heteroatoms. The fraction of sp³-hybridized carbons (Fsp3) is 0.278. The number of morpholine rings is 1. The van der Waals surface area contributed by atoms with Gasteiger partial charge in [-0.25, -0.2) is 4.85 Å². The molecule has 1 aliphatic rings. The van der Waals surface area contributed by atoms with Gasteiger partial charge in [-0.05, 0) is 17.7 Å². The van der Waals surface area contributed by atoms with Crippen molar-refractivity contribution in [3.05, 3.63) is 46.0 Å². The van der Waals surface area contributed by atoms with E-state index in [2.05, 4.69) is 24.9 Å². The van der Waals surface area contributed by atoms with Crippen molar-refractivity contribution < 1.29 is 9.84 Å². The molecule has 2 aromatic heterocycles. The summed E-state index contributed by atoms with van der Waals surface area (Å²) in [5.41, 5.74) is 1.89. The molecule has 3 heterocycles. The van der Waals surface area contributed by atoms with E-state index in [-0.39, 0.29) is 12.7 Å². The van der Waals surface area contributed by atoms with Gasteiger partial charge in [0.2, 0.25) is 5.69 Å². The molecule has 0 spiro atoms. The Morgan fingerprint density at radius 1 is 1.43 bits per heavy atom. The lowest BCUT2D eigenvalue weighted by Crippen LogP contribution is -2.43. The van der Waals surface area contributed by atoms with Gasteiger partial charge in [-0.3, -0.25) is 0 Å². The lowest BCUT2D eigenvalue weighted by molar-refractivity contribution is 0.00378. The number of hydrogen-bond acceptors (Lipinski definition) is 6. The molecule has 0 radical (unpaired) electrons. The number of H-pyrrole nitrogens is 1. The molecule has 1 saturated heterocycles. The van der Waals surface area contributed by atoms with Crippen molar-refractivity contribution in [2.75, 3.05) is 31.2 Å². The number of aliphatic hydroxyl groups is 1. The fourth-order valence-electron chi connectivity index (χ4n) is 3.17. The second kappa shape index (κ2) is 8.07. The summed E-state index contributed by atoms with van der Waals surface area (Å²) in [6.45, 7) is 9.39. The Balaban J connectivity index is 1.91. The number of benzene rings is 1. The second-order valence-electron chi connectivity index (χ2n) is 6.15. The smallest absolute Gasteiger partial charge is 0.229 e. The van der Waals surface area contributed by atoms with E-state index < -0.39 is 0 Å². The minimum atomic E-state index is -0.286. The van der Waals surface area contributed by atoms with Crippen LogP contribution in [0.1, 0.15) is 0 Å². The summed E-state index contributed by atoms with van der Waals surface area (Å²) >= 11 is 14.0. The SMILES string of the molecule is [C-]#[N+]c1c(N2CCO[C@@H](CO)C2)sc(-c2nnc[nH]2)c1-c1ccc(Cl)cc1Cl. The normalized spacial score (nSPS) is 16.9. The summed E-state index contributed by atoms with van der Waals surface area (Å²) in [6.07, 6.45) is 1.21. The van der Waals surface area contributed by atoms with E-state index in [1.807, 2.05) is 0 Å². The van der Waals surface area contributed by atoms with Gasteiger partial charge in [0.05, 0.1) is 35.8 Å². The Labute approximate surface area is 175 Å². The van der Waals surface area contributed by atoms with Crippen LogP contribution in [-0.2, 0) is 4.74 Å². The van der Waals surface area contributed by atoms with Crippen LogP contribution in [0.15, 0.2) is 24.5 Å². The van der Waals surface area contributed by atoms with Crippen molar-refractivity contribution in [2.45, 2.75) is 6.10 Å². The van der Waals surface area contributed by atoms with Gasteiger partial charge < -0.3 is 19.7 Å². The number of nitrogens with zero attached hydrogens (tertiary/aromatic N) is 4. The first-order chi connectivity index (χ1) is 13.6. The second-order valence-corrected chi connectivity index (χ2v) is 8.00. The first-order valence-electron chi connectivity index (χ1n) is 8.46. The molecule has 1 atom stereocenters. The molecule has 0 amide bonds. The highest BCUT2D eigenvalue weighted by atomic mass is 35.5. The molecule has 2 N–H and O–H groups in total. The van der Waals surface area contributed by atoms with Gasteiger partial charge in [0, 0.05) is 28.7 Å². The van der Waals surface area contributed by atoms with Gasteiger partial charge in [-0.1, -0.05) is 29.3 Å². The predicted molar refractivity (Wildman–Crippen MR) is 110 cm³/mol. The van der Waals surface area contributed by atoms with E-state index in [1.165, 1.54) is 17.7 Å². The molecule has 1 aliphatic heterocycles. The molecule has 0 unspecified atom stereocenters. The van der Waals surface area contributed by atoms with Gasteiger partial charge in [0.15, 0.2) is 5.82 Å². The molecule has 28 heavy (non-hydrogen) atoms. The maximum Gasteiger partial charge on any atom is 0.229 e. The zero-order valence-corrected chi connectivity index (χ0v) is 16.9. The van der Waals surface area contributed by atoms with Gasteiger partial charge in [0.1, 0.15) is 6.33 Å².